The fourth-order valence-corrected chi connectivity index (χ4v) is 4.59. The standard InChI is InChI=1S/C28H29F2N7O2/c1-3-26(38)33-20-6-4-5-19(15-20)21-17-32-37-18-31-25(16-24(21)37)34-22-7-8-23(28(30)27(22)29)36-11-9-35(10-12-36)13-14-39-2/h3-8,15-18,34H,1,9-14H2,2H3,(H,33,38). The lowest BCUT2D eigenvalue weighted by molar-refractivity contribution is -0.111. The second-order valence-electron chi connectivity index (χ2n) is 9.14. The number of halogens is 2. The van der Waals surface area contributed by atoms with Gasteiger partial charge in [-0.1, -0.05) is 18.7 Å². The van der Waals surface area contributed by atoms with E-state index >= 15 is 8.78 Å². The Balaban J connectivity index is 1.35. The number of rotatable bonds is 9. The first-order valence-electron chi connectivity index (χ1n) is 12.6. The number of piperazine rings is 1. The summed E-state index contributed by atoms with van der Waals surface area (Å²) >= 11 is 0. The number of aromatic nitrogens is 3. The summed E-state index contributed by atoms with van der Waals surface area (Å²) in [6, 6.07) is 12.1. The molecule has 0 atom stereocenters. The average Bonchev–Trinajstić information content (AvgIpc) is 3.38. The monoisotopic (exact) mass is 533 g/mol. The van der Waals surface area contributed by atoms with E-state index in [4.69, 9.17) is 4.74 Å². The molecule has 9 nitrogen and oxygen atoms in total. The van der Waals surface area contributed by atoms with Gasteiger partial charge in [0.05, 0.1) is 29.7 Å². The van der Waals surface area contributed by atoms with E-state index in [1.54, 1.807) is 36.0 Å². The van der Waals surface area contributed by atoms with Crippen LogP contribution in [0.5, 0.6) is 0 Å². The summed E-state index contributed by atoms with van der Waals surface area (Å²) < 4.78 is 37.0. The first-order chi connectivity index (χ1) is 19.0. The maximum absolute atomic E-state index is 15.1. The quantitative estimate of drug-likeness (QED) is 0.310. The van der Waals surface area contributed by atoms with Crippen LogP contribution in [-0.4, -0.2) is 71.8 Å². The summed E-state index contributed by atoms with van der Waals surface area (Å²) in [5, 5.41) is 9.98. The van der Waals surface area contributed by atoms with Gasteiger partial charge in [-0.2, -0.15) is 5.10 Å². The van der Waals surface area contributed by atoms with Gasteiger partial charge in [0.2, 0.25) is 5.91 Å². The summed E-state index contributed by atoms with van der Waals surface area (Å²) in [5.41, 5.74) is 3.13. The lowest BCUT2D eigenvalue weighted by Crippen LogP contribution is -2.47. The maximum Gasteiger partial charge on any atom is 0.247 e. The normalized spacial score (nSPS) is 14.0. The fraction of sp³-hybridized carbons (Fsp3) is 0.250. The number of carbonyl (C=O) groups is 1. The molecule has 0 unspecified atom stereocenters. The van der Waals surface area contributed by atoms with Gasteiger partial charge in [0.15, 0.2) is 11.6 Å². The third-order valence-corrected chi connectivity index (χ3v) is 6.69. The van der Waals surface area contributed by atoms with E-state index in [0.29, 0.717) is 36.7 Å². The van der Waals surface area contributed by atoms with Crippen LogP contribution in [0.15, 0.2) is 67.6 Å². The van der Waals surface area contributed by atoms with E-state index in [1.165, 1.54) is 18.5 Å². The Morgan fingerprint density at radius 2 is 1.95 bits per heavy atom. The molecule has 1 aliphatic heterocycles. The van der Waals surface area contributed by atoms with E-state index in [1.807, 2.05) is 23.1 Å². The van der Waals surface area contributed by atoms with E-state index in [0.717, 1.165) is 30.8 Å². The molecule has 2 aromatic heterocycles. The average molecular weight is 534 g/mol. The number of methoxy groups -OCH3 is 1. The Morgan fingerprint density at radius 1 is 1.13 bits per heavy atom. The molecule has 0 bridgehead atoms. The van der Waals surface area contributed by atoms with Crippen LogP contribution in [0.3, 0.4) is 0 Å². The third kappa shape index (κ3) is 5.74. The van der Waals surface area contributed by atoms with Gasteiger partial charge in [-0.05, 0) is 35.9 Å². The highest BCUT2D eigenvalue weighted by Gasteiger charge is 2.23. The second kappa shape index (κ2) is 11.6. The fourth-order valence-electron chi connectivity index (χ4n) is 4.59. The van der Waals surface area contributed by atoms with Crippen LogP contribution in [-0.2, 0) is 9.53 Å². The van der Waals surface area contributed by atoms with E-state index < -0.39 is 11.6 Å². The zero-order chi connectivity index (χ0) is 27.4. The minimum atomic E-state index is -0.963. The number of hydrogen-bond donors (Lipinski definition) is 2. The summed E-state index contributed by atoms with van der Waals surface area (Å²) in [6.45, 7) is 7.65. The van der Waals surface area contributed by atoms with Crippen molar-refractivity contribution in [3.8, 4) is 11.1 Å². The minimum Gasteiger partial charge on any atom is -0.383 e. The lowest BCUT2D eigenvalue weighted by Gasteiger charge is -2.36. The molecule has 1 fully saturated rings. The second-order valence-corrected chi connectivity index (χ2v) is 9.14. The first-order valence-corrected chi connectivity index (χ1v) is 12.6. The molecular formula is C28H29F2N7O2. The molecule has 3 heterocycles. The van der Waals surface area contributed by atoms with Gasteiger partial charge < -0.3 is 20.3 Å². The van der Waals surface area contributed by atoms with Gasteiger partial charge >= 0.3 is 0 Å². The van der Waals surface area contributed by atoms with Gasteiger partial charge in [0, 0.05) is 57.2 Å². The molecule has 0 aliphatic carbocycles. The molecular weight excluding hydrogens is 504 g/mol. The molecule has 0 saturated carbocycles. The molecule has 5 rings (SSSR count). The number of carbonyl (C=O) groups excluding carboxylic acids is 1. The molecule has 39 heavy (non-hydrogen) atoms. The summed E-state index contributed by atoms with van der Waals surface area (Å²) in [6.07, 6.45) is 4.38. The summed E-state index contributed by atoms with van der Waals surface area (Å²) in [4.78, 5) is 20.1. The molecule has 4 aromatic rings. The third-order valence-electron chi connectivity index (χ3n) is 6.69. The van der Waals surface area contributed by atoms with E-state index in [2.05, 4.69) is 32.2 Å². The van der Waals surface area contributed by atoms with Crippen LogP contribution in [0.4, 0.5) is 31.7 Å². The maximum atomic E-state index is 15.1. The predicted molar refractivity (Wildman–Crippen MR) is 147 cm³/mol. The van der Waals surface area contributed by atoms with Crippen molar-refractivity contribution >= 4 is 34.3 Å². The topological polar surface area (TPSA) is 87.0 Å². The Labute approximate surface area is 224 Å². The number of nitrogens with one attached hydrogen (secondary N) is 2. The lowest BCUT2D eigenvalue weighted by atomic mass is 10.1. The van der Waals surface area contributed by atoms with Gasteiger partial charge in [0.25, 0.3) is 0 Å². The number of anilines is 4. The molecule has 2 N–H and O–H groups in total. The van der Waals surface area contributed by atoms with Crippen molar-refractivity contribution in [2.75, 3.05) is 62.0 Å². The SMILES string of the molecule is C=CC(=O)Nc1cccc(-c2cnn3cnc(Nc4ccc(N5CCN(CCOC)CC5)c(F)c4F)cc23)c1. The van der Waals surface area contributed by atoms with E-state index in [-0.39, 0.29) is 17.3 Å². The van der Waals surface area contributed by atoms with E-state index in [9.17, 15) is 4.79 Å². The first kappa shape index (κ1) is 26.3. The highest BCUT2D eigenvalue weighted by atomic mass is 19.2. The largest absolute Gasteiger partial charge is 0.383 e. The summed E-state index contributed by atoms with van der Waals surface area (Å²) in [7, 11) is 1.67. The van der Waals surface area contributed by atoms with Crippen molar-refractivity contribution < 1.29 is 18.3 Å². The Bertz CT molecular complexity index is 1500. The zero-order valence-corrected chi connectivity index (χ0v) is 21.5. The molecule has 202 valence electrons. The number of fused-ring (bicyclic) bond motifs is 1. The van der Waals surface area contributed by atoms with Gasteiger partial charge in [-0.15, -0.1) is 0 Å². The molecule has 1 amide bonds. The summed E-state index contributed by atoms with van der Waals surface area (Å²) in [5.74, 6) is -1.84. The highest BCUT2D eigenvalue weighted by molar-refractivity contribution is 5.99. The smallest absolute Gasteiger partial charge is 0.247 e. The van der Waals surface area contributed by atoms with Crippen LogP contribution in [0, 0.1) is 11.6 Å². The van der Waals surface area contributed by atoms with Crippen LogP contribution in [0.2, 0.25) is 0 Å². The van der Waals surface area contributed by atoms with Crippen molar-refractivity contribution in [2.45, 2.75) is 0 Å². The van der Waals surface area contributed by atoms with Gasteiger partial charge in [-0.25, -0.2) is 18.3 Å². The molecule has 1 aliphatic rings. The number of amides is 1. The van der Waals surface area contributed by atoms with Crippen LogP contribution < -0.4 is 15.5 Å². The van der Waals surface area contributed by atoms with Gasteiger partial charge in [-0.3, -0.25) is 9.69 Å². The molecule has 2 aromatic carbocycles. The number of hydrogen-bond acceptors (Lipinski definition) is 7. The Kier molecular flexibility index (Phi) is 7.80. The predicted octanol–water partition coefficient (Wildman–Crippen LogP) is 4.31. The molecule has 0 radical (unpaired) electrons. The van der Waals surface area contributed by atoms with Crippen molar-refractivity contribution in [2.24, 2.45) is 0 Å². The molecule has 1 saturated heterocycles. The van der Waals surface area contributed by atoms with Crippen molar-refractivity contribution in [3.05, 3.63) is 79.3 Å². The number of ether oxygens (including phenoxy) is 1. The number of nitrogens with zero attached hydrogens (tertiary/aromatic N) is 5. The highest BCUT2D eigenvalue weighted by Crippen LogP contribution is 2.31. The van der Waals surface area contributed by atoms with Crippen molar-refractivity contribution in [1.29, 1.82) is 0 Å². The zero-order valence-electron chi connectivity index (χ0n) is 21.5. The van der Waals surface area contributed by atoms with Gasteiger partial charge in [0.1, 0.15) is 12.1 Å². The molecule has 0 spiro atoms. The number of benzene rings is 2. The molecule has 11 heteroatoms. The minimum absolute atomic E-state index is 0.0120. The van der Waals surface area contributed by atoms with Crippen LogP contribution in [0.25, 0.3) is 16.6 Å². The Morgan fingerprint density at radius 3 is 2.72 bits per heavy atom. The van der Waals surface area contributed by atoms with Crippen LogP contribution in [0.1, 0.15) is 0 Å². The van der Waals surface area contributed by atoms with Crippen molar-refractivity contribution in [3.63, 3.8) is 0 Å². The Hall–Kier alpha value is -4.35. The van der Waals surface area contributed by atoms with Crippen molar-refractivity contribution in [1.82, 2.24) is 19.5 Å². The van der Waals surface area contributed by atoms with Crippen LogP contribution >= 0.6 is 0 Å².